The SMILES string of the molecule is C#CCOC([CH2])c1ccccc1. The lowest BCUT2D eigenvalue weighted by molar-refractivity contribution is 0.112. The van der Waals surface area contributed by atoms with Gasteiger partial charge in [-0.2, -0.15) is 0 Å². The minimum atomic E-state index is -0.165. The van der Waals surface area contributed by atoms with E-state index in [-0.39, 0.29) is 6.10 Å². The molecule has 1 heteroatoms. The first-order valence-electron chi connectivity index (χ1n) is 3.77. The molecule has 0 heterocycles. The fourth-order valence-corrected chi connectivity index (χ4v) is 0.913. The molecule has 0 spiro atoms. The van der Waals surface area contributed by atoms with Crippen molar-refractivity contribution in [3.63, 3.8) is 0 Å². The van der Waals surface area contributed by atoms with Gasteiger partial charge < -0.3 is 4.74 Å². The number of hydrogen-bond acceptors (Lipinski definition) is 1. The van der Waals surface area contributed by atoms with Gasteiger partial charge >= 0.3 is 0 Å². The van der Waals surface area contributed by atoms with Crippen molar-refractivity contribution in [2.24, 2.45) is 0 Å². The van der Waals surface area contributed by atoms with E-state index in [2.05, 4.69) is 12.8 Å². The third-order valence-corrected chi connectivity index (χ3v) is 1.54. The quantitative estimate of drug-likeness (QED) is 0.614. The van der Waals surface area contributed by atoms with Gasteiger partial charge in [-0.15, -0.1) is 6.42 Å². The van der Waals surface area contributed by atoms with Gasteiger partial charge in [0.15, 0.2) is 0 Å². The Morgan fingerprint density at radius 2 is 2.08 bits per heavy atom. The third-order valence-electron chi connectivity index (χ3n) is 1.54. The number of terminal acetylenes is 1. The Hall–Kier alpha value is -1.26. The molecule has 1 aromatic carbocycles. The van der Waals surface area contributed by atoms with Crippen LogP contribution in [0.2, 0.25) is 0 Å². The molecule has 0 bridgehead atoms. The van der Waals surface area contributed by atoms with E-state index in [1.807, 2.05) is 30.3 Å². The number of ether oxygens (including phenoxy) is 1. The summed E-state index contributed by atoms with van der Waals surface area (Å²) in [5, 5.41) is 0. The van der Waals surface area contributed by atoms with E-state index in [9.17, 15) is 0 Å². The maximum Gasteiger partial charge on any atom is 0.108 e. The predicted octanol–water partition coefficient (Wildman–Crippen LogP) is 2.21. The van der Waals surface area contributed by atoms with Crippen LogP contribution in [0.1, 0.15) is 11.7 Å². The first-order valence-corrected chi connectivity index (χ1v) is 3.77. The van der Waals surface area contributed by atoms with Gasteiger partial charge in [-0.25, -0.2) is 0 Å². The molecule has 1 aromatic rings. The zero-order valence-corrected chi connectivity index (χ0v) is 6.86. The van der Waals surface area contributed by atoms with Gasteiger partial charge in [0.1, 0.15) is 6.61 Å². The fourth-order valence-electron chi connectivity index (χ4n) is 0.913. The Labute approximate surface area is 73.4 Å². The molecule has 0 amide bonds. The van der Waals surface area contributed by atoms with Gasteiger partial charge in [0.05, 0.1) is 6.10 Å². The average Bonchev–Trinajstić information content (AvgIpc) is 2.15. The molecule has 1 rings (SSSR count). The standard InChI is InChI=1S/C11H11O/c1-3-9-12-10(2)11-7-5-4-6-8-11/h1,4-8,10H,2,9H2. The van der Waals surface area contributed by atoms with Gasteiger partial charge in [-0.3, -0.25) is 0 Å². The Kier molecular flexibility index (Phi) is 3.37. The van der Waals surface area contributed by atoms with Crippen LogP contribution in [0.3, 0.4) is 0 Å². The van der Waals surface area contributed by atoms with Crippen LogP contribution in [0.15, 0.2) is 30.3 Å². The zero-order chi connectivity index (χ0) is 8.81. The zero-order valence-electron chi connectivity index (χ0n) is 6.86. The van der Waals surface area contributed by atoms with Gasteiger partial charge in [-0.1, -0.05) is 36.3 Å². The molecular formula is C11H11O. The second-order valence-electron chi connectivity index (χ2n) is 2.41. The second kappa shape index (κ2) is 4.58. The normalized spacial score (nSPS) is 12.0. The van der Waals surface area contributed by atoms with Crippen molar-refractivity contribution < 1.29 is 4.74 Å². The van der Waals surface area contributed by atoms with Crippen molar-refractivity contribution in [2.75, 3.05) is 6.61 Å². The van der Waals surface area contributed by atoms with Crippen molar-refractivity contribution in [3.05, 3.63) is 42.8 Å². The van der Waals surface area contributed by atoms with Gasteiger partial charge in [0.25, 0.3) is 0 Å². The number of rotatable bonds is 3. The molecule has 1 nitrogen and oxygen atoms in total. The highest BCUT2D eigenvalue weighted by molar-refractivity contribution is 5.18. The molecule has 61 valence electrons. The highest BCUT2D eigenvalue weighted by atomic mass is 16.5. The molecule has 12 heavy (non-hydrogen) atoms. The summed E-state index contributed by atoms with van der Waals surface area (Å²) in [6.45, 7) is 4.14. The molecule has 0 fully saturated rings. The van der Waals surface area contributed by atoms with Crippen LogP contribution >= 0.6 is 0 Å². The molecule has 0 aromatic heterocycles. The van der Waals surface area contributed by atoms with E-state index in [0.29, 0.717) is 6.61 Å². The van der Waals surface area contributed by atoms with Crippen LogP contribution in [0.5, 0.6) is 0 Å². The first-order chi connectivity index (χ1) is 5.84. The highest BCUT2D eigenvalue weighted by Crippen LogP contribution is 2.14. The summed E-state index contributed by atoms with van der Waals surface area (Å²) in [4.78, 5) is 0. The molecule has 1 atom stereocenters. The second-order valence-corrected chi connectivity index (χ2v) is 2.41. The van der Waals surface area contributed by atoms with E-state index in [1.54, 1.807) is 0 Å². The summed E-state index contributed by atoms with van der Waals surface area (Å²) in [6, 6.07) is 9.79. The van der Waals surface area contributed by atoms with Crippen LogP contribution < -0.4 is 0 Å². The molecule has 0 saturated heterocycles. The van der Waals surface area contributed by atoms with Crippen molar-refractivity contribution in [1.82, 2.24) is 0 Å². The van der Waals surface area contributed by atoms with Crippen LogP contribution in [0, 0.1) is 19.3 Å². The summed E-state index contributed by atoms with van der Waals surface area (Å²) < 4.78 is 5.23. The Morgan fingerprint density at radius 1 is 1.42 bits per heavy atom. The summed E-state index contributed by atoms with van der Waals surface area (Å²) in [5.74, 6) is 2.41. The Morgan fingerprint density at radius 3 is 2.67 bits per heavy atom. The monoisotopic (exact) mass is 159 g/mol. The van der Waals surface area contributed by atoms with Gasteiger partial charge in [0, 0.05) is 0 Å². The topological polar surface area (TPSA) is 9.23 Å². The van der Waals surface area contributed by atoms with E-state index >= 15 is 0 Å². The maximum absolute atomic E-state index is 5.23. The highest BCUT2D eigenvalue weighted by Gasteiger charge is 2.02. The third kappa shape index (κ3) is 2.41. The van der Waals surface area contributed by atoms with Crippen molar-refractivity contribution >= 4 is 0 Å². The molecule has 0 aliphatic rings. The summed E-state index contributed by atoms with van der Waals surface area (Å²) in [7, 11) is 0. The van der Waals surface area contributed by atoms with E-state index < -0.39 is 0 Å². The fraction of sp³-hybridized carbons (Fsp3) is 0.182. The lowest BCUT2D eigenvalue weighted by atomic mass is 10.1. The molecular weight excluding hydrogens is 148 g/mol. The maximum atomic E-state index is 5.23. The lowest BCUT2D eigenvalue weighted by Crippen LogP contribution is -1.99. The van der Waals surface area contributed by atoms with Crippen molar-refractivity contribution in [1.29, 1.82) is 0 Å². The van der Waals surface area contributed by atoms with Crippen LogP contribution in [-0.2, 0) is 4.74 Å². The van der Waals surface area contributed by atoms with E-state index in [4.69, 9.17) is 11.2 Å². The summed E-state index contributed by atoms with van der Waals surface area (Å²) in [6.07, 6.45) is 4.89. The first kappa shape index (κ1) is 8.83. The van der Waals surface area contributed by atoms with Crippen LogP contribution in [0.4, 0.5) is 0 Å². The number of benzene rings is 1. The molecule has 0 N–H and O–H groups in total. The minimum Gasteiger partial charge on any atom is -0.361 e. The summed E-state index contributed by atoms with van der Waals surface area (Å²) in [5.41, 5.74) is 1.05. The van der Waals surface area contributed by atoms with Crippen LogP contribution in [0.25, 0.3) is 0 Å². The largest absolute Gasteiger partial charge is 0.361 e. The summed E-state index contributed by atoms with van der Waals surface area (Å²) >= 11 is 0. The number of hydrogen-bond donors (Lipinski definition) is 0. The van der Waals surface area contributed by atoms with Gasteiger partial charge in [0.2, 0.25) is 0 Å². The van der Waals surface area contributed by atoms with Crippen LogP contribution in [-0.4, -0.2) is 6.61 Å². The van der Waals surface area contributed by atoms with Crippen molar-refractivity contribution in [3.8, 4) is 12.3 Å². The smallest absolute Gasteiger partial charge is 0.108 e. The molecule has 0 aliphatic carbocycles. The average molecular weight is 159 g/mol. The molecule has 0 saturated carbocycles. The lowest BCUT2D eigenvalue weighted by Gasteiger charge is -2.10. The Bertz CT molecular complexity index is 258. The van der Waals surface area contributed by atoms with E-state index in [0.717, 1.165) is 5.56 Å². The predicted molar refractivity (Wildman–Crippen MR) is 49.3 cm³/mol. The van der Waals surface area contributed by atoms with E-state index in [1.165, 1.54) is 0 Å². The van der Waals surface area contributed by atoms with Crippen molar-refractivity contribution in [2.45, 2.75) is 6.10 Å². The molecule has 0 aliphatic heterocycles. The minimum absolute atomic E-state index is 0.165. The Balaban J connectivity index is 2.55. The molecule has 1 radical (unpaired) electrons. The molecule has 1 unspecified atom stereocenters. The van der Waals surface area contributed by atoms with Gasteiger partial charge in [-0.05, 0) is 12.5 Å².